The van der Waals surface area contributed by atoms with Crippen molar-refractivity contribution in [3.8, 4) is 11.5 Å². The Hall–Kier alpha value is -2.54. The number of ether oxygens (including phenoxy) is 2. The molecule has 7 nitrogen and oxygen atoms in total. The SMILES string of the molecule is COc1cccc(C(=O)N2CCC(N(C)c3ncc(Cl)cn3)CC2)c1OC. The number of hydrogen-bond acceptors (Lipinski definition) is 6. The Kier molecular flexibility index (Phi) is 6.01. The van der Waals surface area contributed by atoms with Crippen LogP contribution in [-0.4, -0.2) is 61.2 Å². The summed E-state index contributed by atoms with van der Waals surface area (Å²) in [7, 11) is 5.07. The highest BCUT2D eigenvalue weighted by Crippen LogP contribution is 2.32. The lowest BCUT2D eigenvalue weighted by atomic mass is 10.0. The molecule has 8 heteroatoms. The smallest absolute Gasteiger partial charge is 0.257 e. The van der Waals surface area contributed by atoms with Gasteiger partial charge in [0.25, 0.3) is 5.91 Å². The molecule has 0 unspecified atom stereocenters. The fourth-order valence-electron chi connectivity index (χ4n) is 3.33. The molecule has 1 aromatic heterocycles. The first-order valence-corrected chi connectivity index (χ1v) is 9.13. The number of hydrogen-bond donors (Lipinski definition) is 0. The van der Waals surface area contributed by atoms with Crippen molar-refractivity contribution in [3.63, 3.8) is 0 Å². The van der Waals surface area contributed by atoms with Crippen molar-refractivity contribution < 1.29 is 14.3 Å². The fraction of sp³-hybridized carbons (Fsp3) is 0.421. The van der Waals surface area contributed by atoms with Crippen LogP contribution >= 0.6 is 11.6 Å². The number of carbonyl (C=O) groups is 1. The molecule has 0 aliphatic carbocycles. The number of benzene rings is 1. The predicted octanol–water partition coefficient (Wildman–Crippen LogP) is 2.89. The van der Waals surface area contributed by atoms with Crippen LogP contribution in [0.15, 0.2) is 30.6 Å². The highest BCUT2D eigenvalue weighted by molar-refractivity contribution is 6.30. The minimum Gasteiger partial charge on any atom is -0.493 e. The number of halogens is 1. The summed E-state index contributed by atoms with van der Waals surface area (Å²) >= 11 is 5.85. The third-order valence-corrected chi connectivity index (χ3v) is 5.05. The number of anilines is 1. The van der Waals surface area contributed by atoms with Gasteiger partial charge in [0, 0.05) is 26.2 Å². The molecule has 3 rings (SSSR count). The zero-order chi connectivity index (χ0) is 19.4. The second-order valence-corrected chi connectivity index (χ2v) is 6.81. The Morgan fingerprint density at radius 3 is 2.44 bits per heavy atom. The van der Waals surface area contributed by atoms with Gasteiger partial charge in [-0.05, 0) is 25.0 Å². The molecule has 1 amide bonds. The molecule has 1 fully saturated rings. The molecule has 0 atom stereocenters. The van der Waals surface area contributed by atoms with Crippen LogP contribution in [0.2, 0.25) is 5.02 Å². The molecule has 27 heavy (non-hydrogen) atoms. The first kappa shape index (κ1) is 19.2. The highest BCUT2D eigenvalue weighted by atomic mass is 35.5. The van der Waals surface area contributed by atoms with Crippen LogP contribution in [0.25, 0.3) is 0 Å². The number of likely N-dealkylation sites (tertiary alicyclic amines) is 1. The standard InChI is InChI=1S/C19H23ClN4O3/c1-23(19-21-11-13(20)12-22-19)14-7-9-24(10-8-14)18(25)15-5-4-6-16(26-2)17(15)27-3/h4-6,11-12,14H,7-10H2,1-3H3. The minimum absolute atomic E-state index is 0.0467. The summed E-state index contributed by atoms with van der Waals surface area (Å²) in [6, 6.07) is 5.61. The molecule has 1 aliphatic heterocycles. The maximum atomic E-state index is 13.0. The van der Waals surface area contributed by atoms with E-state index in [9.17, 15) is 4.79 Å². The van der Waals surface area contributed by atoms with E-state index >= 15 is 0 Å². The topological polar surface area (TPSA) is 67.8 Å². The molecule has 1 aliphatic rings. The van der Waals surface area contributed by atoms with Crippen molar-refractivity contribution in [2.24, 2.45) is 0 Å². The maximum Gasteiger partial charge on any atom is 0.257 e. The summed E-state index contributed by atoms with van der Waals surface area (Å²) in [4.78, 5) is 25.4. The average Bonchev–Trinajstić information content (AvgIpc) is 2.72. The Morgan fingerprint density at radius 2 is 1.85 bits per heavy atom. The molecule has 0 spiro atoms. The monoisotopic (exact) mass is 390 g/mol. The molecular formula is C19H23ClN4O3. The number of carbonyl (C=O) groups excluding carboxylic acids is 1. The summed E-state index contributed by atoms with van der Waals surface area (Å²) in [5.41, 5.74) is 0.518. The highest BCUT2D eigenvalue weighted by Gasteiger charge is 2.28. The molecule has 0 N–H and O–H groups in total. The van der Waals surface area contributed by atoms with E-state index in [1.165, 1.54) is 0 Å². The number of para-hydroxylation sites is 1. The minimum atomic E-state index is -0.0467. The summed E-state index contributed by atoms with van der Waals surface area (Å²) in [5.74, 6) is 1.62. The van der Waals surface area contributed by atoms with Crippen molar-refractivity contribution in [2.45, 2.75) is 18.9 Å². The number of methoxy groups -OCH3 is 2. The van der Waals surface area contributed by atoms with Crippen molar-refractivity contribution in [3.05, 3.63) is 41.2 Å². The van der Waals surface area contributed by atoms with Gasteiger partial charge in [-0.1, -0.05) is 17.7 Å². The van der Waals surface area contributed by atoms with Crippen LogP contribution in [0.5, 0.6) is 11.5 Å². The number of rotatable bonds is 5. The largest absolute Gasteiger partial charge is 0.493 e. The maximum absolute atomic E-state index is 13.0. The van der Waals surface area contributed by atoms with Crippen molar-refractivity contribution in [1.29, 1.82) is 0 Å². The van der Waals surface area contributed by atoms with Gasteiger partial charge in [0.15, 0.2) is 11.5 Å². The zero-order valence-corrected chi connectivity index (χ0v) is 16.4. The Bertz CT molecular complexity index is 792. The predicted molar refractivity (Wildman–Crippen MR) is 104 cm³/mol. The van der Waals surface area contributed by atoms with Gasteiger partial charge in [-0.15, -0.1) is 0 Å². The summed E-state index contributed by atoms with van der Waals surface area (Å²) in [6.07, 6.45) is 4.85. The van der Waals surface area contributed by atoms with Gasteiger partial charge in [-0.3, -0.25) is 4.79 Å². The van der Waals surface area contributed by atoms with Gasteiger partial charge in [0.05, 0.1) is 37.2 Å². The van der Waals surface area contributed by atoms with E-state index < -0.39 is 0 Å². The fourth-order valence-corrected chi connectivity index (χ4v) is 3.43. The third kappa shape index (κ3) is 4.08. The van der Waals surface area contributed by atoms with Crippen LogP contribution < -0.4 is 14.4 Å². The summed E-state index contributed by atoms with van der Waals surface area (Å²) < 4.78 is 10.7. The quantitative estimate of drug-likeness (QED) is 0.782. The van der Waals surface area contributed by atoms with E-state index in [2.05, 4.69) is 9.97 Å². The third-order valence-electron chi connectivity index (χ3n) is 4.85. The van der Waals surface area contributed by atoms with Crippen LogP contribution in [0.4, 0.5) is 5.95 Å². The molecule has 1 saturated heterocycles. The van der Waals surface area contributed by atoms with Crippen molar-refractivity contribution in [2.75, 3.05) is 39.3 Å². The number of nitrogens with zero attached hydrogens (tertiary/aromatic N) is 4. The number of aromatic nitrogens is 2. The van der Waals surface area contributed by atoms with Gasteiger partial charge in [-0.2, -0.15) is 0 Å². The molecule has 1 aromatic carbocycles. The second kappa shape index (κ2) is 8.43. The van der Waals surface area contributed by atoms with Gasteiger partial charge in [0.1, 0.15) is 0 Å². The second-order valence-electron chi connectivity index (χ2n) is 6.38. The van der Waals surface area contributed by atoms with Crippen LogP contribution in [-0.2, 0) is 0 Å². The van der Waals surface area contributed by atoms with Gasteiger partial charge < -0.3 is 19.3 Å². The number of amides is 1. The first-order chi connectivity index (χ1) is 13.0. The Morgan fingerprint density at radius 1 is 1.19 bits per heavy atom. The Labute approximate surface area is 163 Å². The van der Waals surface area contributed by atoms with Gasteiger partial charge in [-0.25, -0.2) is 9.97 Å². The van der Waals surface area contributed by atoms with E-state index in [1.807, 2.05) is 16.8 Å². The lowest BCUT2D eigenvalue weighted by Gasteiger charge is -2.36. The van der Waals surface area contributed by atoms with E-state index in [4.69, 9.17) is 21.1 Å². The molecule has 0 saturated carbocycles. The molecular weight excluding hydrogens is 368 g/mol. The zero-order valence-electron chi connectivity index (χ0n) is 15.7. The van der Waals surface area contributed by atoms with Crippen LogP contribution in [0.3, 0.4) is 0 Å². The lowest BCUT2D eigenvalue weighted by molar-refractivity contribution is 0.0709. The van der Waals surface area contributed by atoms with Crippen molar-refractivity contribution >= 4 is 23.5 Å². The van der Waals surface area contributed by atoms with E-state index in [0.717, 1.165) is 12.8 Å². The van der Waals surface area contributed by atoms with Crippen molar-refractivity contribution in [1.82, 2.24) is 14.9 Å². The lowest BCUT2D eigenvalue weighted by Crippen LogP contribution is -2.46. The molecule has 2 aromatic rings. The average molecular weight is 391 g/mol. The molecule has 2 heterocycles. The van der Waals surface area contributed by atoms with Crippen LogP contribution in [0.1, 0.15) is 23.2 Å². The number of piperidine rings is 1. The molecule has 0 radical (unpaired) electrons. The van der Waals surface area contributed by atoms with E-state index in [-0.39, 0.29) is 11.9 Å². The van der Waals surface area contributed by atoms with E-state index in [0.29, 0.717) is 41.1 Å². The Balaban J connectivity index is 1.67. The van der Waals surface area contributed by atoms with Gasteiger partial charge >= 0.3 is 0 Å². The van der Waals surface area contributed by atoms with E-state index in [1.54, 1.807) is 44.8 Å². The molecule has 144 valence electrons. The summed E-state index contributed by atoms with van der Waals surface area (Å²) in [5, 5.41) is 0.514. The first-order valence-electron chi connectivity index (χ1n) is 8.75. The normalized spacial score (nSPS) is 14.7. The van der Waals surface area contributed by atoms with Crippen LogP contribution in [0, 0.1) is 0 Å². The van der Waals surface area contributed by atoms with Gasteiger partial charge in [0.2, 0.25) is 5.95 Å². The summed E-state index contributed by atoms with van der Waals surface area (Å²) in [6.45, 7) is 1.31. The molecule has 0 bridgehead atoms.